The van der Waals surface area contributed by atoms with Gasteiger partial charge in [0.2, 0.25) is 11.8 Å². The third-order valence-corrected chi connectivity index (χ3v) is 1.63. The normalized spacial score (nSPS) is 12.0. The standard InChI is InChI=1S/C8H12F3N3O/c1-2-12-4-3-6-13-14-7(15-6)5-8(9,10)11/h12H,2-5H2,1H3. The van der Waals surface area contributed by atoms with Crippen LogP contribution in [0.1, 0.15) is 18.7 Å². The summed E-state index contributed by atoms with van der Waals surface area (Å²) in [5.74, 6) is -0.149. The highest BCUT2D eigenvalue weighted by atomic mass is 19.4. The van der Waals surface area contributed by atoms with Crippen LogP contribution in [0.15, 0.2) is 4.42 Å². The molecule has 15 heavy (non-hydrogen) atoms. The van der Waals surface area contributed by atoms with Gasteiger partial charge < -0.3 is 9.73 Å². The molecule has 1 aromatic rings. The fourth-order valence-electron chi connectivity index (χ4n) is 1.00. The summed E-state index contributed by atoms with van der Waals surface area (Å²) in [6.07, 6.45) is -5.02. The van der Waals surface area contributed by atoms with Gasteiger partial charge in [0.1, 0.15) is 6.42 Å². The molecule has 86 valence electrons. The molecule has 0 saturated carbocycles. The van der Waals surface area contributed by atoms with Gasteiger partial charge in [-0.05, 0) is 6.54 Å². The van der Waals surface area contributed by atoms with Gasteiger partial charge >= 0.3 is 6.18 Å². The number of halogens is 3. The van der Waals surface area contributed by atoms with Gasteiger partial charge in [0.05, 0.1) is 0 Å². The Balaban J connectivity index is 2.42. The molecular formula is C8H12F3N3O. The Morgan fingerprint density at radius 1 is 1.27 bits per heavy atom. The van der Waals surface area contributed by atoms with Crippen LogP contribution >= 0.6 is 0 Å². The van der Waals surface area contributed by atoms with E-state index in [0.29, 0.717) is 13.0 Å². The van der Waals surface area contributed by atoms with E-state index in [1.165, 1.54) is 0 Å². The Labute approximate surface area is 84.9 Å². The lowest BCUT2D eigenvalue weighted by Crippen LogP contribution is -2.16. The van der Waals surface area contributed by atoms with Crippen LogP contribution in [-0.4, -0.2) is 29.5 Å². The average molecular weight is 223 g/mol. The number of nitrogens with zero attached hydrogens (tertiary/aromatic N) is 2. The summed E-state index contributed by atoms with van der Waals surface area (Å²) in [6, 6.07) is 0. The number of aromatic nitrogens is 2. The van der Waals surface area contributed by atoms with E-state index in [9.17, 15) is 13.2 Å². The van der Waals surface area contributed by atoms with Crippen molar-refractivity contribution in [1.29, 1.82) is 0 Å². The number of alkyl halides is 3. The molecule has 1 aromatic heterocycles. The van der Waals surface area contributed by atoms with Crippen LogP contribution in [0.25, 0.3) is 0 Å². The van der Waals surface area contributed by atoms with Crippen molar-refractivity contribution in [3.8, 4) is 0 Å². The minimum absolute atomic E-state index is 0.232. The van der Waals surface area contributed by atoms with E-state index in [-0.39, 0.29) is 11.8 Å². The zero-order valence-corrected chi connectivity index (χ0v) is 8.26. The SMILES string of the molecule is CCNCCc1nnc(CC(F)(F)F)o1. The Hall–Kier alpha value is -1.11. The van der Waals surface area contributed by atoms with E-state index in [2.05, 4.69) is 15.5 Å². The molecule has 7 heteroatoms. The maximum Gasteiger partial charge on any atom is 0.397 e. The van der Waals surface area contributed by atoms with Crippen LogP contribution in [0.5, 0.6) is 0 Å². The lowest BCUT2D eigenvalue weighted by atomic mass is 10.4. The van der Waals surface area contributed by atoms with E-state index >= 15 is 0 Å². The maximum absolute atomic E-state index is 11.9. The first-order valence-corrected chi connectivity index (χ1v) is 4.60. The van der Waals surface area contributed by atoms with Crippen LogP contribution in [-0.2, 0) is 12.8 Å². The van der Waals surface area contributed by atoms with Crippen molar-refractivity contribution in [2.75, 3.05) is 13.1 Å². The van der Waals surface area contributed by atoms with Gasteiger partial charge in [0, 0.05) is 13.0 Å². The van der Waals surface area contributed by atoms with Gasteiger partial charge in [-0.25, -0.2) is 0 Å². The van der Waals surface area contributed by atoms with Crippen LogP contribution in [0, 0.1) is 0 Å². The molecule has 1 N–H and O–H groups in total. The molecule has 0 bridgehead atoms. The smallest absolute Gasteiger partial charge is 0.397 e. The van der Waals surface area contributed by atoms with E-state index in [0.717, 1.165) is 6.54 Å². The lowest BCUT2D eigenvalue weighted by molar-refractivity contribution is -0.130. The van der Waals surface area contributed by atoms with Crippen molar-refractivity contribution in [3.05, 3.63) is 11.8 Å². The molecule has 0 aliphatic carbocycles. The highest BCUT2D eigenvalue weighted by Gasteiger charge is 2.30. The molecule has 1 heterocycles. The predicted molar refractivity (Wildman–Crippen MR) is 46.3 cm³/mol. The number of hydrogen-bond donors (Lipinski definition) is 1. The molecule has 0 spiro atoms. The quantitative estimate of drug-likeness (QED) is 0.765. The van der Waals surface area contributed by atoms with Crippen molar-refractivity contribution >= 4 is 0 Å². The van der Waals surface area contributed by atoms with Crippen molar-refractivity contribution in [2.24, 2.45) is 0 Å². The minimum Gasteiger partial charge on any atom is -0.425 e. The van der Waals surface area contributed by atoms with Crippen molar-refractivity contribution in [3.63, 3.8) is 0 Å². The molecule has 0 saturated heterocycles. The van der Waals surface area contributed by atoms with E-state index in [4.69, 9.17) is 4.42 Å². The first-order valence-electron chi connectivity index (χ1n) is 4.60. The van der Waals surface area contributed by atoms with Crippen LogP contribution < -0.4 is 5.32 Å². The number of hydrogen-bond acceptors (Lipinski definition) is 4. The highest BCUT2D eigenvalue weighted by molar-refractivity contribution is 4.84. The average Bonchev–Trinajstić information content (AvgIpc) is 2.50. The maximum atomic E-state index is 11.9. The molecule has 0 fully saturated rings. The topological polar surface area (TPSA) is 51.0 Å². The minimum atomic E-state index is -4.30. The van der Waals surface area contributed by atoms with Gasteiger partial charge in [-0.15, -0.1) is 10.2 Å². The molecule has 0 atom stereocenters. The second-order valence-electron chi connectivity index (χ2n) is 2.99. The third-order valence-electron chi connectivity index (χ3n) is 1.63. The van der Waals surface area contributed by atoms with Crippen molar-refractivity contribution in [2.45, 2.75) is 25.9 Å². The molecule has 0 unspecified atom stereocenters. The second kappa shape index (κ2) is 5.11. The summed E-state index contributed by atoms with van der Waals surface area (Å²) >= 11 is 0. The monoisotopic (exact) mass is 223 g/mol. The molecule has 0 aliphatic heterocycles. The van der Waals surface area contributed by atoms with Crippen LogP contribution in [0.3, 0.4) is 0 Å². The predicted octanol–water partition coefficient (Wildman–Crippen LogP) is 1.33. The molecule has 1 rings (SSSR count). The van der Waals surface area contributed by atoms with Crippen molar-refractivity contribution < 1.29 is 17.6 Å². The molecule has 0 amide bonds. The van der Waals surface area contributed by atoms with E-state index < -0.39 is 12.6 Å². The number of rotatable bonds is 5. The second-order valence-corrected chi connectivity index (χ2v) is 2.99. The Bertz CT molecular complexity index is 298. The number of likely N-dealkylation sites (N-methyl/N-ethyl adjacent to an activating group) is 1. The summed E-state index contributed by atoms with van der Waals surface area (Å²) in [6.45, 7) is 3.34. The Morgan fingerprint density at radius 3 is 2.53 bits per heavy atom. The van der Waals surface area contributed by atoms with Gasteiger partial charge in [-0.3, -0.25) is 0 Å². The third kappa shape index (κ3) is 4.78. The van der Waals surface area contributed by atoms with E-state index in [1.54, 1.807) is 0 Å². The number of nitrogens with one attached hydrogen (secondary N) is 1. The summed E-state index contributed by atoms with van der Waals surface area (Å²) in [4.78, 5) is 0. The van der Waals surface area contributed by atoms with Gasteiger partial charge in [-0.1, -0.05) is 6.92 Å². The fourth-order valence-corrected chi connectivity index (χ4v) is 1.00. The van der Waals surface area contributed by atoms with Gasteiger partial charge in [0.25, 0.3) is 0 Å². The largest absolute Gasteiger partial charge is 0.425 e. The van der Waals surface area contributed by atoms with Gasteiger partial charge in [0.15, 0.2) is 0 Å². The summed E-state index contributed by atoms with van der Waals surface area (Å²) in [5, 5.41) is 9.84. The summed E-state index contributed by atoms with van der Waals surface area (Å²) in [5.41, 5.74) is 0. The van der Waals surface area contributed by atoms with Gasteiger partial charge in [-0.2, -0.15) is 13.2 Å². The Kier molecular flexibility index (Phi) is 4.07. The summed E-state index contributed by atoms with van der Waals surface area (Å²) in [7, 11) is 0. The lowest BCUT2D eigenvalue weighted by Gasteiger charge is -2.00. The first-order chi connectivity index (χ1) is 7.01. The zero-order valence-electron chi connectivity index (χ0n) is 8.26. The molecular weight excluding hydrogens is 211 g/mol. The Morgan fingerprint density at radius 2 is 1.93 bits per heavy atom. The molecule has 0 aromatic carbocycles. The highest BCUT2D eigenvalue weighted by Crippen LogP contribution is 2.20. The van der Waals surface area contributed by atoms with Crippen LogP contribution in [0.4, 0.5) is 13.2 Å². The fraction of sp³-hybridized carbons (Fsp3) is 0.750. The van der Waals surface area contributed by atoms with Crippen LogP contribution in [0.2, 0.25) is 0 Å². The summed E-state index contributed by atoms with van der Waals surface area (Å²) < 4.78 is 40.6. The first kappa shape index (κ1) is 12.0. The van der Waals surface area contributed by atoms with Crippen molar-refractivity contribution in [1.82, 2.24) is 15.5 Å². The molecule has 4 nitrogen and oxygen atoms in total. The zero-order chi connectivity index (χ0) is 11.3. The molecule has 0 aliphatic rings. The molecule has 0 radical (unpaired) electrons. The van der Waals surface area contributed by atoms with E-state index in [1.807, 2.05) is 6.92 Å².